The summed E-state index contributed by atoms with van der Waals surface area (Å²) in [6.07, 6.45) is 5.84. The van der Waals surface area contributed by atoms with Crippen molar-refractivity contribution < 1.29 is 4.39 Å². The summed E-state index contributed by atoms with van der Waals surface area (Å²) in [6.45, 7) is 4.77. The van der Waals surface area contributed by atoms with Gasteiger partial charge in [-0.05, 0) is 67.6 Å². The van der Waals surface area contributed by atoms with Crippen LogP contribution in [-0.2, 0) is 6.54 Å². The van der Waals surface area contributed by atoms with Gasteiger partial charge in [0.2, 0.25) is 0 Å². The summed E-state index contributed by atoms with van der Waals surface area (Å²) < 4.78 is 13.5. The van der Waals surface area contributed by atoms with Crippen molar-refractivity contribution in [2.45, 2.75) is 58.0 Å². The number of anilines is 2. The third-order valence-corrected chi connectivity index (χ3v) is 5.73. The minimum Gasteiger partial charge on any atom is -0.371 e. The van der Waals surface area contributed by atoms with Gasteiger partial charge in [-0.3, -0.25) is 4.99 Å². The van der Waals surface area contributed by atoms with Crippen LogP contribution in [0.15, 0.2) is 41.4 Å². The van der Waals surface area contributed by atoms with Crippen LogP contribution in [0.2, 0.25) is 0 Å². The van der Waals surface area contributed by atoms with Crippen LogP contribution in [-0.4, -0.2) is 11.4 Å². The van der Waals surface area contributed by atoms with Gasteiger partial charge in [0.1, 0.15) is 11.7 Å². The lowest BCUT2D eigenvalue weighted by Gasteiger charge is -2.44. The first-order valence-electron chi connectivity index (χ1n) is 9.52. The molecule has 0 saturated heterocycles. The Morgan fingerprint density at radius 2 is 1.73 bits per heavy atom. The van der Waals surface area contributed by atoms with E-state index in [1.54, 1.807) is 12.1 Å². The highest BCUT2D eigenvalue weighted by Gasteiger charge is 2.40. The Labute approximate surface area is 154 Å². The SMILES string of the molecule is Cc1cc2c(cc1C)NC1(CCCCC1)C(=NCc1cccc(F)c1)N2. The van der Waals surface area contributed by atoms with E-state index in [4.69, 9.17) is 4.99 Å². The van der Waals surface area contributed by atoms with E-state index >= 15 is 0 Å². The van der Waals surface area contributed by atoms with Gasteiger partial charge in [0.05, 0.1) is 23.5 Å². The molecule has 1 aliphatic heterocycles. The maximum atomic E-state index is 13.5. The van der Waals surface area contributed by atoms with Gasteiger partial charge in [-0.15, -0.1) is 0 Å². The predicted molar refractivity (Wildman–Crippen MR) is 107 cm³/mol. The maximum absolute atomic E-state index is 13.5. The molecule has 0 atom stereocenters. The molecule has 0 aromatic heterocycles. The zero-order chi connectivity index (χ0) is 18.1. The Balaban J connectivity index is 1.70. The first-order chi connectivity index (χ1) is 12.6. The van der Waals surface area contributed by atoms with E-state index in [-0.39, 0.29) is 11.4 Å². The number of fused-ring (bicyclic) bond motifs is 1. The molecule has 26 heavy (non-hydrogen) atoms. The van der Waals surface area contributed by atoms with Crippen molar-refractivity contribution in [2.24, 2.45) is 4.99 Å². The van der Waals surface area contributed by atoms with E-state index in [0.717, 1.165) is 29.9 Å². The summed E-state index contributed by atoms with van der Waals surface area (Å²) in [5.41, 5.74) is 5.59. The van der Waals surface area contributed by atoms with Crippen molar-refractivity contribution in [1.82, 2.24) is 0 Å². The van der Waals surface area contributed by atoms with Gasteiger partial charge in [0.15, 0.2) is 0 Å². The number of nitrogens with one attached hydrogen (secondary N) is 2. The molecule has 1 saturated carbocycles. The molecule has 2 aromatic rings. The van der Waals surface area contributed by atoms with Gasteiger partial charge in [-0.2, -0.15) is 0 Å². The number of hydrogen-bond acceptors (Lipinski definition) is 2. The van der Waals surface area contributed by atoms with E-state index in [0.29, 0.717) is 6.54 Å². The topological polar surface area (TPSA) is 36.4 Å². The van der Waals surface area contributed by atoms with E-state index in [2.05, 4.69) is 36.6 Å². The maximum Gasteiger partial charge on any atom is 0.127 e. The number of aryl methyl sites for hydroxylation is 2. The fraction of sp³-hybridized carbons (Fsp3) is 0.409. The summed E-state index contributed by atoms with van der Waals surface area (Å²) in [5, 5.41) is 7.41. The Kier molecular flexibility index (Phi) is 4.43. The summed E-state index contributed by atoms with van der Waals surface area (Å²) >= 11 is 0. The third-order valence-electron chi connectivity index (χ3n) is 5.73. The number of aliphatic imine (C=N–C) groups is 1. The molecule has 4 rings (SSSR count). The van der Waals surface area contributed by atoms with Crippen LogP contribution in [0.25, 0.3) is 0 Å². The average molecular weight is 351 g/mol. The van der Waals surface area contributed by atoms with E-state index in [1.165, 1.54) is 42.1 Å². The fourth-order valence-corrected chi connectivity index (χ4v) is 4.10. The number of nitrogens with zero attached hydrogens (tertiary/aromatic N) is 1. The van der Waals surface area contributed by atoms with Crippen LogP contribution in [0.3, 0.4) is 0 Å². The van der Waals surface area contributed by atoms with Crippen molar-refractivity contribution >= 4 is 17.2 Å². The summed E-state index contributed by atoms with van der Waals surface area (Å²) in [6, 6.07) is 11.1. The van der Waals surface area contributed by atoms with Crippen molar-refractivity contribution in [3.05, 3.63) is 58.9 Å². The summed E-state index contributed by atoms with van der Waals surface area (Å²) in [5.74, 6) is 0.790. The van der Waals surface area contributed by atoms with Gasteiger partial charge >= 0.3 is 0 Å². The Bertz CT molecular complexity index is 850. The third kappa shape index (κ3) is 3.20. The molecule has 1 heterocycles. The standard InChI is InChI=1S/C22H26FN3/c1-15-11-19-20(12-16(15)2)26-22(9-4-3-5-10-22)21(25-19)24-14-17-7-6-8-18(23)13-17/h6-8,11-13,26H,3-5,9-10,14H2,1-2H3,(H,24,25). The Morgan fingerprint density at radius 3 is 2.46 bits per heavy atom. The minimum atomic E-state index is -0.207. The summed E-state index contributed by atoms with van der Waals surface area (Å²) in [7, 11) is 0. The molecule has 3 nitrogen and oxygen atoms in total. The highest BCUT2D eigenvalue weighted by Crippen LogP contribution is 2.40. The molecule has 0 amide bonds. The molecule has 0 bridgehead atoms. The zero-order valence-electron chi connectivity index (χ0n) is 15.5. The van der Waals surface area contributed by atoms with Crippen molar-refractivity contribution in [1.29, 1.82) is 0 Å². The van der Waals surface area contributed by atoms with Crippen LogP contribution < -0.4 is 10.6 Å². The quantitative estimate of drug-likeness (QED) is 0.741. The van der Waals surface area contributed by atoms with Crippen molar-refractivity contribution in [3.8, 4) is 0 Å². The van der Waals surface area contributed by atoms with Crippen LogP contribution >= 0.6 is 0 Å². The minimum absolute atomic E-state index is 0.125. The molecule has 1 aliphatic carbocycles. The molecule has 1 spiro atoms. The number of rotatable bonds is 2. The normalized spacial score (nSPS) is 19.7. The van der Waals surface area contributed by atoms with E-state index in [9.17, 15) is 4.39 Å². The lowest BCUT2D eigenvalue weighted by atomic mass is 9.79. The number of hydrogen-bond donors (Lipinski definition) is 2. The Morgan fingerprint density at radius 1 is 1.00 bits per heavy atom. The molecule has 136 valence electrons. The smallest absolute Gasteiger partial charge is 0.127 e. The zero-order valence-corrected chi connectivity index (χ0v) is 15.5. The van der Waals surface area contributed by atoms with Crippen molar-refractivity contribution in [2.75, 3.05) is 10.6 Å². The van der Waals surface area contributed by atoms with Crippen LogP contribution in [0, 0.1) is 19.7 Å². The molecule has 4 heteroatoms. The molecule has 1 fully saturated rings. The summed E-state index contributed by atoms with van der Waals surface area (Å²) in [4.78, 5) is 4.90. The lowest BCUT2D eigenvalue weighted by molar-refractivity contribution is 0.402. The van der Waals surface area contributed by atoms with Gasteiger partial charge in [-0.1, -0.05) is 31.4 Å². The lowest BCUT2D eigenvalue weighted by Crippen LogP contribution is -2.53. The fourth-order valence-electron chi connectivity index (χ4n) is 4.10. The first kappa shape index (κ1) is 17.1. The van der Waals surface area contributed by atoms with Gasteiger partial charge in [0, 0.05) is 0 Å². The highest BCUT2D eigenvalue weighted by molar-refractivity contribution is 6.09. The second-order valence-electron chi connectivity index (χ2n) is 7.67. The highest BCUT2D eigenvalue weighted by atomic mass is 19.1. The average Bonchev–Trinajstić information content (AvgIpc) is 2.62. The number of benzene rings is 2. The predicted octanol–water partition coefficient (Wildman–Crippen LogP) is 5.58. The van der Waals surface area contributed by atoms with Gasteiger partial charge < -0.3 is 10.6 Å². The number of amidine groups is 1. The van der Waals surface area contributed by atoms with Crippen LogP contribution in [0.5, 0.6) is 0 Å². The van der Waals surface area contributed by atoms with Crippen molar-refractivity contribution in [3.63, 3.8) is 0 Å². The largest absolute Gasteiger partial charge is 0.371 e. The van der Waals surface area contributed by atoms with Gasteiger partial charge in [0.25, 0.3) is 0 Å². The second kappa shape index (κ2) is 6.75. The molecular formula is C22H26FN3. The molecule has 2 aromatic carbocycles. The molecule has 2 N–H and O–H groups in total. The molecule has 0 radical (unpaired) electrons. The van der Waals surface area contributed by atoms with E-state index in [1.807, 2.05) is 6.07 Å². The number of halogens is 1. The second-order valence-corrected chi connectivity index (χ2v) is 7.67. The Hall–Kier alpha value is -2.36. The molecule has 0 unspecified atom stereocenters. The molecular weight excluding hydrogens is 325 g/mol. The van der Waals surface area contributed by atoms with Gasteiger partial charge in [-0.25, -0.2) is 4.39 Å². The van der Waals surface area contributed by atoms with Crippen LogP contribution in [0.1, 0.15) is 48.8 Å². The monoisotopic (exact) mass is 351 g/mol. The van der Waals surface area contributed by atoms with E-state index < -0.39 is 0 Å². The molecule has 2 aliphatic rings. The first-order valence-corrected chi connectivity index (χ1v) is 9.52. The van der Waals surface area contributed by atoms with Crippen LogP contribution in [0.4, 0.5) is 15.8 Å².